The topological polar surface area (TPSA) is 96.7 Å². The first-order valence-corrected chi connectivity index (χ1v) is 13.5. The molecule has 1 aromatic heterocycles. The number of halogens is 1. The van der Waals surface area contributed by atoms with Gasteiger partial charge in [0.2, 0.25) is 6.16 Å². The van der Waals surface area contributed by atoms with E-state index in [0.29, 0.717) is 0 Å². The first-order chi connectivity index (χ1) is 17.7. The van der Waals surface area contributed by atoms with E-state index in [1.165, 1.54) is 17.7 Å². The van der Waals surface area contributed by atoms with Gasteiger partial charge in [0.15, 0.2) is 6.61 Å². The van der Waals surface area contributed by atoms with Crippen molar-refractivity contribution in [1.29, 1.82) is 0 Å². The van der Waals surface area contributed by atoms with Gasteiger partial charge in [-0.25, -0.2) is 4.39 Å². The average Bonchev–Trinajstić information content (AvgIpc) is 2.85. The summed E-state index contributed by atoms with van der Waals surface area (Å²) in [5.41, 5.74) is 7.60. The molecule has 0 saturated carbocycles. The maximum Gasteiger partial charge on any atom is 0.511 e. The van der Waals surface area contributed by atoms with E-state index in [0.717, 1.165) is 52.0 Å². The molecule has 37 heavy (non-hydrogen) atoms. The quantitative estimate of drug-likeness (QED) is 0.291. The molecule has 190 valence electrons. The number of nitrogens with zero attached hydrogens (tertiary/aromatic N) is 1. The third kappa shape index (κ3) is 6.29. The molecule has 0 amide bonds. The number of aromatic nitrogens is 1. The number of carboxylic acids is 1. The van der Waals surface area contributed by atoms with E-state index in [4.69, 9.17) is 14.6 Å². The van der Waals surface area contributed by atoms with Crippen LogP contribution in [0.1, 0.15) is 48.6 Å². The fourth-order valence-corrected chi connectivity index (χ4v) is 5.32. The molecule has 1 unspecified atom stereocenters. The highest BCUT2D eigenvalue weighted by Crippen LogP contribution is 2.41. The van der Waals surface area contributed by atoms with Crippen molar-refractivity contribution in [2.24, 2.45) is 0 Å². The van der Waals surface area contributed by atoms with Crippen LogP contribution >= 0.6 is 8.03 Å². The fraction of sp³-hybridized carbons (Fsp3) is 0.310. The molecule has 0 aliphatic heterocycles. The molecule has 0 radical (unpaired) electrons. The number of hydrogen-bond acceptors (Lipinski definition) is 5. The van der Waals surface area contributed by atoms with E-state index in [1.54, 1.807) is 12.1 Å². The second-order valence-electron chi connectivity index (χ2n) is 9.24. The Labute approximate surface area is 216 Å². The summed E-state index contributed by atoms with van der Waals surface area (Å²) in [6, 6.07) is 14.6. The molecular weight excluding hydrogens is 492 g/mol. The molecule has 3 aromatic rings. The van der Waals surface area contributed by atoms with Crippen LogP contribution in [-0.4, -0.2) is 40.0 Å². The first-order valence-electron chi connectivity index (χ1n) is 12.1. The Morgan fingerprint density at radius 3 is 2.59 bits per heavy atom. The standard InChI is InChI=1S/C29H27FNO5P/c1-18(2)28-24(8-5-15-36-37(35)17-22(32)16-26(33)34)27(20-9-12-21(30)13-10-20)25-14-11-19-6-3-4-7-23(19)29(25)31-28/h3-4,6-7,9-10,12-13,18,22,32H,11,14-17H2,1-2H3/p+1/t22-/m0/s1. The molecule has 0 saturated heterocycles. The SMILES string of the molecule is CC(C)c1nc2c(c(-c3ccc(F)cc3)c1C#CCO[P+](=O)C[C@@H](O)CC(=O)O)CCc1ccccc1-2. The number of aliphatic hydroxyl groups is 1. The second-order valence-corrected chi connectivity index (χ2v) is 10.5. The van der Waals surface area contributed by atoms with Gasteiger partial charge in [0.1, 0.15) is 11.9 Å². The van der Waals surface area contributed by atoms with Gasteiger partial charge >= 0.3 is 14.0 Å². The predicted octanol–water partition coefficient (Wildman–Crippen LogP) is 5.72. The summed E-state index contributed by atoms with van der Waals surface area (Å²) in [5.74, 6) is 4.65. The summed E-state index contributed by atoms with van der Waals surface area (Å²) in [6.07, 6.45) is -0.405. The van der Waals surface area contributed by atoms with Gasteiger partial charge in [-0.3, -0.25) is 9.78 Å². The minimum absolute atomic E-state index is 0.0478. The average molecular weight is 521 g/mol. The summed E-state index contributed by atoms with van der Waals surface area (Å²) in [6.45, 7) is 3.93. The van der Waals surface area contributed by atoms with Crippen molar-refractivity contribution in [3.05, 3.63) is 76.7 Å². The lowest BCUT2D eigenvalue weighted by molar-refractivity contribution is -0.138. The van der Waals surface area contributed by atoms with Gasteiger partial charge in [-0.15, -0.1) is 4.52 Å². The van der Waals surface area contributed by atoms with Crippen LogP contribution in [0.4, 0.5) is 4.39 Å². The smallest absolute Gasteiger partial charge is 0.481 e. The van der Waals surface area contributed by atoms with Crippen LogP contribution < -0.4 is 0 Å². The predicted molar refractivity (Wildman–Crippen MR) is 140 cm³/mol. The Balaban J connectivity index is 1.74. The number of fused-ring (bicyclic) bond motifs is 3. The van der Waals surface area contributed by atoms with Crippen molar-refractivity contribution in [3.8, 4) is 34.2 Å². The largest absolute Gasteiger partial charge is 0.511 e. The number of carbonyl (C=O) groups is 1. The van der Waals surface area contributed by atoms with E-state index >= 15 is 0 Å². The van der Waals surface area contributed by atoms with Crippen LogP contribution in [0.3, 0.4) is 0 Å². The van der Waals surface area contributed by atoms with Crippen molar-refractivity contribution in [1.82, 2.24) is 4.98 Å². The summed E-state index contributed by atoms with van der Waals surface area (Å²) in [7, 11) is -2.27. The normalized spacial score (nSPS) is 13.3. The summed E-state index contributed by atoms with van der Waals surface area (Å²) < 4.78 is 31.2. The van der Waals surface area contributed by atoms with Crippen molar-refractivity contribution < 1.29 is 28.5 Å². The Morgan fingerprint density at radius 2 is 1.89 bits per heavy atom. The van der Waals surface area contributed by atoms with E-state index in [9.17, 15) is 18.9 Å². The van der Waals surface area contributed by atoms with Crippen LogP contribution in [0.2, 0.25) is 0 Å². The van der Waals surface area contributed by atoms with Crippen LogP contribution in [0, 0.1) is 17.7 Å². The highest BCUT2D eigenvalue weighted by molar-refractivity contribution is 7.39. The molecule has 4 rings (SSSR count). The molecule has 1 heterocycles. The molecule has 0 spiro atoms. The van der Waals surface area contributed by atoms with E-state index in [2.05, 4.69) is 24.0 Å². The maximum atomic E-state index is 13.8. The Kier molecular flexibility index (Phi) is 8.45. The number of hydrogen-bond donors (Lipinski definition) is 2. The fourth-order valence-electron chi connectivity index (χ4n) is 4.54. The van der Waals surface area contributed by atoms with Gasteiger partial charge in [-0.2, -0.15) is 0 Å². The molecule has 2 N–H and O–H groups in total. The minimum atomic E-state index is -2.27. The second kappa shape index (κ2) is 11.7. The third-order valence-corrected chi connectivity index (χ3v) is 7.32. The number of pyridine rings is 1. The lowest BCUT2D eigenvalue weighted by atomic mass is 9.81. The van der Waals surface area contributed by atoms with Gasteiger partial charge in [-0.1, -0.05) is 62.1 Å². The van der Waals surface area contributed by atoms with Gasteiger partial charge in [0, 0.05) is 11.1 Å². The molecule has 1 aliphatic rings. The summed E-state index contributed by atoms with van der Waals surface area (Å²) in [4.78, 5) is 15.8. The monoisotopic (exact) mass is 520 g/mol. The molecular formula is C29H28FNO5P+. The number of rotatable bonds is 8. The van der Waals surface area contributed by atoms with Crippen LogP contribution in [0.15, 0.2) is 48.5 Å². The molecule has 0 bridgehead atoms. The zero-order valence-electron chi connectivity index (χ0n) is 20.7. The zero-order valence-corrected chi connectivity index (χ0v) is 21.6. The van der Waals surface area contributed by atoms with Gasteiger partial charge < -0.3 is 10.2 Å². The number of aliphatic carboxylic acids is 1. The first kappa shape index (κ1) is 26.6. The van der Waals surface area contributed by atoms with Gasteiger partial charge in [0.25, 0.3) is 0 Å². The maximum absolute atomic E-state index is 13.8. The molecule has 2 atom stereocenters. The Morgan fingerprint density at radius 1 is 1.16 bits per heavy atom. The highest BCUT2D eigenvalue weighted by atomic mass is 31.1. The van der Waals surface area contributed by atoms with E-state index < -0.39 is 26.5 Å². The summed E-state index contributed by atoms with van der Waals surface area (Å²) in [5, 5.41) is 18.4. The van der Waals surface area contributed by atoms with Crippen molar-refractivity contribution in [3.63, 3.8) is 0 Å². The van der Waals surface area contributed by atoms with Gasteiger partial charge in [0.05, 0.1) is 23.4 Å². The van der Waals surface area contributed by atoms with E-state index in [1.807, 2.05) is 26.0 Å². The van der Waals surface area contributed by atoms with Crippen molar-refractivity contribution >= 4 is 14.0 Å². The van der Waals surface area contributed by atoms with Crippen molar-refractivity contribution in [2.75, 3.05) is 12.8 Å². The Bertz CT molecular complexity index is 1390. The van der Waals surface area contributed by atoms with Crippen LogP contribution in [-0.2, 0) is 26.7 Å². The zero-order chi connectivity index (χ0) is 26.5. The van der Waals surface area contributed by atoms with Crippen LogP contribution in [0.5, 0.6) is 0 Å². The molecule has 0 fully saturated rings. The lowest BCUT2D eigenvalue weighted by Gasteiger charge is -2.25. The molecule has 6 nitrogen and oxygen atoms in total. The molecule has 2 aromatic carbocycles. The number of aryl methyl sites for hydroxylation is 1. The summed E-state index contributed by atoms with van der Waals surface area (Å²) >= 11 is 0. The van der Waals surface area contributed by atoms with Crippen LogP contribution in [0.25, 0.3) is 22.4 Å². The van der Waals surface area contributed by atoms with Crippen molar-refractivity contribution in [2.45, 2.75) is 45.1 Å². The van der Waals surface area contributed by atoms with E-state index in [-0.39, 0.29) is 24.5 Å². The molecule has 1 aliphatic carbocycles. The number of carboxylic acid groups (broad SMARTS) is 1. The number of aliphatic hydroxyl groups excluding tert-OH is 1. The minimum Gasteiger partial charge on any atom is -0.481 e. The Hall–Kier alpha value is -3.43. The highest BCUT2D eigenvalue weighted by Gasteiger charge is 2.27. The third-order valence-electron chi connectivity index (χ3n) is 6.19. The van der Waals surface area contributed by atoms with Gasteiger partial charge in [-0.05, 0) is 52.1 Å². The molecule has 8 heteroatoms. The number of benzene rings is 2. The lowest BCUT2D eigenvalue weighted by Crippen LogP contribution is -2.15.